The zero-order valence-electron chi connectivity index (χ0n) is 10.4. The second-order valence-electron chi connectivity index (χ2n) is 4.40. The Hall–Kier alpha value is -1.63. The highest BCUT2D eigenvalue weighted by Crippen LogP contribution is 2.28. The van der Waals surface area contributed by atoms with Gasteiger partial charge in [-0.3, -0.25) is 4.98 Å². The predicted octanol–water partition coefficient (Wildman–Crippen LogP) is 2.33. The number of aliphatic hydroxyl groups excluding tert-OH is 1. The topological polar surface area (TPSA) is 59.4 Å². The quantitative estimate of drug-likeness (QED) is 0.858. The second-order valence-corrected chi connectivity index (χ2v) is 4.40. The van der Waals surface area contributed by atoms with E-state index in [0.717, 1.165) is 12.3 Å². The van der Waals surface area contributed by atoms with E-state index in [1.807, 2.05) is 13.8 Å². The van der Waals surface area contributed by atoms with Gasteiger partial charge in [-0.15, -0.1) is 0 Å². The van der Waals surface area contributed by atoms with Crippen molar-refractivity contribution in [1.82, 2.24) is 4.98 Å². The lowest BCUT2D eigenvalue weighted by Crippen LogP contribution is -2.18. The van der Waals surface area contributed by atoms with Crippen LogP contribution in [0.4, 0.5) is 13.2 Å². The molecule has 0 amide bonds. The Morgan fingerprint density at radius 1 is 1.42 bits per heavy atom. The van der Waals surface area contributed by atoms with Crippen LogP contribution >= 0.6 is 0 Å². The molecule has 0 fully saturated rings. The molecule has 0 aromatic carbocycles. The van der Waals surface area contributed by atoms with Crippen molar-refractivity contribution in [2.45, 2.75) is 26.1 Å². The maximum atomic E-state index is 12.3. The summed E-state index contributed by atoms with van der Waals surface area (Å²) >= 11 is 0. The summed E-state index contributed by atoms with van der Waals surface area (Å²) in [5.74, 6) is -0.808. The van der Waals surface area contributed by atoms with Gasteiger partial charge in [0.05, 0.1) is 6.61 Å². The van der Waals surface area contributed by atoms with E-state index in [9.17, 15) is 23.1 Å². The smallest absolute Gasteiger partial charge is 0.433 e. The van der Waals surface area contributed by atoms with E-state index < -0.39 is 23.9 Å². The van der Waals surface area contributed by atoms with Crippen molar-refractivity contribution in [3.8, 4) is 0 Å². The van der Waals surface area contributed by atoms with Crippen LogP contribution in [0.1, 0.15) is 31.2 Å². The first-order valence-corrected chi connectivity index (χ1v) is 5.59. The van der Waals surface area contributed by atoms with Crippen LogP contribution in [0.2, 0.25) is 0 Å². The largest absolute Gasteiger partial charge is 0.463 e. The Balaban J connectivity index is 2.72. The summed E-state index contributed by atoms with van der Waals surface area (Å²) in [5.41, 5.74) is -1.12. The Bertz CT molecular complexity index is 429. The molecule has 106 valence electrons. The molecule has 0 spiro atoms. The number of aromatic nitrogens is 1. The van der Waals surface area contributed by atoms with Crippen LogP contribution in [-0.4, -0.2) is 22.7 Å². The minimum atomic E-state index is -4.55. The van der Waals surface area contributed by atoms with Gasteiger partial charge >= 0.3 is 12.1 Å². The number of alkyl halides is 3. The summed E-state index contributed by atoms with van der Waals surface area (Å²) in [5, 5.41) is 9.60. The maximum Gasteiger partial charge on any atom is 0.433 e. The molecule has 7 heteroatoms. The highest BCUT2D eigenvalue weighted by Gasteiger charge is 2.32. The number of carbonyl (C=O) groups is 1. The molecule has 0 bridgehead atoms. The fraction of sp³-hybridized carbons (Fsp3) is 0.500. The first kappa shape index (κ1) is 15.4. The van der Waals surface area contributed by atoms with Gasteiger partial charge in [0.25, 0.3) is 0 Å². The van der Waals surface area contributed by atoms with Gasteiger partial charge < -0.3 is 9.84 Å². The molecule has 1 heterocycles. The van der Waals surface area contributed by atoms with Crippen molar-refractivity contribution in [3.63, 3.8) is 0 Å². The van der Waals surface area contributed by atoms with Crippen molar-refractivity contribution in [2.24, 2.45) is 5.92 Å². The molecule has 1 unspecified atom stereocenters. The van der Waals surface area contributed by atoms with Gasteiger partial charge in [-0.2, -0.15) is 13.2 Å². The number of hydrogen-bond donors (Lipinski definition) is 1. The number of esters is 1. The molecule has 1 N–H and O–H groups in total. The van der Waals surface area contributed by atoms with Gasteiger partial charge in [-0.05, 0) is 12.0 Å². The molecule has 1 rings (SSSR count). The summed E-state index contributed by atoms with van der Waals surface area (Å²) in [6.07, 6.45) is -5.38. The summed E-state index contributed by atoms with van der Waals surface area (Å²) < 4.78 is 41.6. The van der Waals surface area contributed by atoms with Gasteiger partial charge in [0.1, 0.15) is 5.69 Å². The first-order valence-electron chi connectivity index (χ1n) is 5.59. The summed E-state index contributed by atoms with van der Waals surface area (Å²) in [7, 11) is 0. The van der Waals surface area contributed by atoms with E-state index in [1.165, 1.54) is 0 Å². The van der Waals surface area contributed by atoms with E-state index in [1.54, 1.807) is 0 Å². The first-order chi connectivity index (χ1) is 8.71. The van der Waals surface area contributed by atoms with Gasteiger partial charge in [-0.1, -0.05) is 19.9 Å². The molecule has 4 nitrogen and oxygen atoms in total. The lowest BCUT2D eigenvalue weighted by Gasteiger charge is -2.13. The standard InChI is InChI=1S/C12H14F3NO3/c1-7(2)6-19-11(18)10(17)8-3-4-9(16-5-8)12(13,14)15/h3-5,7,10,17H,6H2,1-2H3. The SMILES string of the molecule is CC(C)COC(=O)C(O)c1ccc(C(F)(F)F)nc1. The number of hydrogen-bond acceptors (Lipinski definition) is 4. The molecule has 0 saturated carbocycles. The van der Waals surface area contributed by atoms with Gasteiger partial charge in [0, 0.05) is 11.8 Å². The number of rotatable bonds is 4. The lowest BCUT2D eigenvalue weighted by molar-refractivity contribution is -0.155. The highest BCUT2D eigenvalue weighted by atomic mass is 19.4. The molecule has 0 saturated heterocycles. The van der Waals surface area contributed by atoms with Crippen molar-refractivity contribution >= 4 is 5.97 Å². The zero-order chi connectivity index (χ0) is 14.6. The minimum absolute atomic E-state index is 0.0400. The molecule has 0 radical (unpaired) electrons. The maximum absolute atomic E-state index is 12.3. The lowest BCUT2D eigenvalue weighted by atomic mass is 10.1. The van der Waals surface area contributed by atoms with Crippen LogP contribution in [0.3, 0.4) is 0 Å². The van der Waals surface area contributed by atoms with E-state index in [2.05, 4.69) is 4.98 Å². The molecular formula is C12H14F3NO3. The molecule has 1 aromatic heterocycles. The number of ether oxygens (including phenoxy) is 1. The molecule has 0 aliphatic carbocycles. The van der Waals surface area contributed by atoms with Gasteiger partial charge in [-0.25, -0.2) is 4.79 Å². The Morgan fingerprint density at radius 2 is 2.05 bits per heavy atom. The van der Waals surface area contributed by atoms with Crippen molar-refractivity contribution in [2.75, 3.05) is 6.61 Å². The minimum Gasteiger partial charge on any atom is -0.463 e. The van der Waals surface area contributed by atoms with E-state index in [4.69, 9.17) is 4.74 Å². The Morgan fingerprint density at radius 3 is 2.47 bits per heavy atom. The van der Waals surface area contributed by atoms with E-state index in [-0.39, 0.29) is 18.1 Å². The van der Waals surface area contributed by atoms with Crippen LogP contribution in [0.5, 0.6) is 0 Å². The normalized spacial score (nSPS) is 13.4. The average Bonchev–Trinajstić information content (AvgIpc) is 2.34. The third-order valence-corrected chi connectivity index (χ3v) is 2.17. The van der Waals surface area contributed by atoms with Crippen molar-refractivity contribution < 1.29 is 27.8 Å². The van der Waals surface area contributed by atoms with E-state index in [0.29, 0.717) is 6.07 Å². The molecule has 19 heavy (non-hydrogen) atoms. The van der Waals surface area contributed by atoms with Crippen LogP contribution in [-0.2, 0) is 15.7 Å². The Labute approximate surface area is 108 Å². The number of nitrogens with zero attached hydrogens (tertiary/aromatic N) is 1. The van der Waals surface area contributed by atoms with E-state index >= 15 is 0 Å². The Kier molecular flexibility index (Phi) is 4.88. The van der Waals surface area contributed by atoms with Crippen LogP contribution in [0, 0.1) is 5.92 Å². The highest BCUT2D eigenvalue weighted by molar-refractivity contribution is 5.76. The van der Waals surface area contributed by atoms with Crippen LogP contribution in [0.15, 0.2) is 18.3 Å². The van der Waals surface area contributed by atoms with Crippen LogP contribution < -0.4 is 0 Å². The summed E-state index contributed by atoms with van der Waals surface area (Å²) in [6.45, 7) is 3.77. The van der Waals surface area contributed by atoms with Crippen molar-refractivity contribution in [1.29, 1.82) is 0 Å². The van der Waals surface area contributed by atoms with Gasteiger partial charge in [0.2, 0.25) is 0 Å². The number of aliphatic hydroxyl groups is 1. The van der Waals surface area contributed by atoms with Crippen molar-refractivity contribution in [3.05, 3.63) is 29.6 Å². The summed E-state index contributed by atoms with van der Waals surface area (Å²) in [6, 6.07) is 1.70. The number of halogens is 3. The second kappa shape index (κ2) is 6.01. The monoisotopic (exact) mass is 277 g/mol. The molecule has 1 atom stereocenters. The predicted molar refractivity (Wildman–Crippen MR) is 60.0 cm³/mol. The van der Waals surface area contributed by atoms with Gasteiger partial charge in [0.15, 0.2) is 6.10 Å². The fourth-order valence-electron chi connectivity index (χ4n) is 1.20. The summed E-state index contributed by atoms with van der Waals surface area (Å²) in [4.78, 5) is 14.6. The van der Waals surface area contributed by atoms with Crippen LogP contribution in [0.25, 0.3) is 0 Å². The molecular weight excluding hydrogens is 263 g/mol. The number of pyridine rings is 1. The molecule has 1 aromatic rings. The number of carbonyl (C=O) groups excluding carboxylic acids is 1. The molecule has 0 aliphatic rings. The molecule has 0 aliphatic heterocycles. The average molecular weight is 277 g/mol. The fourth-order valence-corrected chi connectivity index (χ4v) is 1.20. The zero-order valence-corrected chi connectivity index (χ0v) is 10.4. The third kappa shape index (κ3) is 4.51. The third-order valence-electron chi connectivity index (χ3n) is 2.17.